The highest BCUT2D eigenvalue weighted by Gasteiger charge is 2.28. The molecule has 2 aliphatic heterocycles. The lowest BCUT2D eigenvalue weighted by Gasteiger charge is -2.36. The van der Waals surface area contributed by atoms with E-state index in [2.05, 4.69) is 66.7 Å². The van der Waals surface area contributed by atoms with Crippen molar-refractivity contribution in [2.45, 2.75) is 104 Å². The quantitative estimate of drug-likeness (QED) is 0.144. The number of halogens is 2. The van der Waals surface area contributed by atoms with Crippen LogP contribution in [0, 0.1) is 19.8 Å². The minimum absolute atomic E-state index is 0.511. The summed E-state index contributed by atoms with van der Waals surface area (Å²) in [5.41, 5.74) is 3.54. The molecule has 4 aromatic heterocycles. The van der Waals surface area contributed by atoms with E-state index in [-0.39, 0.29) is 0 Å². The number of anilines is 2. The van der Waals surface area contributed by atoms with Gasteiger partial charge in [-0.3, -0.25) is 0 Å². The molecule has 1 aliphatic carbocycles. The Labute approximate surface area is 350 Å². The minimum atomic E-state index is 0.511. The van der Waals surface area contributed by atoms with Gasteiger partial charge in [-0.05, 0) is 101 Å². The van der Waals surface area contributed by atoms with Gasteiger partial charge in [0.1, 0.15) is 11.6 Å². The highest BCUT2D eigenvalue weighted by Crippen LogP contribution is 2.36. The fourth-order valence-electron chi connectivity index (χ4n) is 8.43. The van der Waals surface area contributed by atoms with Crippen molar-refractivity contribution in [2.75, 3.05) is 42.5 Å². The van der Waals surface area contributed by atoms with E-state index in [1.807, 2.05) is 50.2 Å². The number of nitrogens with one attached hydrogen (secondary N) is 2. The summed E-state index contributed by atoms with van der Waals surface area (Å²) in [6, 6.07) is 17.6. The molecule has 1 saturated carbocycles. The summed E-state index contributed by atoms with van der Waals surface area (Å²) in [5, 5.41) is 18.9. The lowest BCUT2D eigenvalue weighted by Crippen LogP contribution is -2.47. The molecule has 0 bridgehead atoms. The van der Waals surface area contributed by atoms with Crippen LogP contribution in [-0.4, -0.2) is 81.1 Å². The molecule has 2 aromatic carbocycles. The van der Waals surface area contributed by atoms with Gasteiger partial charge >= 0.3 is 0 Å². The summed E-state index contributed by atoms with van der Waals surface area (Å²) in [6.07, 6.45) is 11.2. The smallest absolute Gasteiger partial charge is 0.261 e. The van der Waals surface area contributed by atoms with Crippen molar-refractivity contribution < 1.29 is 9.05 Å². The monoisotopic (exact) mass is 824 g/mol. The van der Waals surface area contributed by atoms with E-state index >= 15 is 0 Å². The Kier molecular flexibility index (Phi) is 12.7. The fraction of sp³-hybridized carbons (Fsp3) is 0.500. The SMILES string of the molecule is Cc1noc(-c2cc3ccc(Cl)cc3nc2N2CCC(NC3CCCCC3)CC2)n1.Cc1noc(-c2cc3ccc(Cl)cc3nc2N2CCC(NCC(C)C)CC2)n1. The third-order valence-electron chi connectivity index (χ3n) is 11.5. The molecular formula is C44H54Cl2N10O2. The molecule has 0 unspecified atom stereocenters. The largest absolute Gasteiger partial charge is 0.356 e. The van der Waals surface area contributed by atoms with Gasteiger partial charge in [-0.1, -0.05) is 78.8 Å². The Morgan fingerprint density at radius 3 is 1.53 bits per heavy atom. The number of piperidine rings is 2. The van der Waals surface area contributed by atoms with Gasteiger partial charge in [0.05, 0.1) is 22.2 Å². The van der Waals surface area contributed by atoms with Crippen LogP contribution in [0.1, 0.15) is 83.3 Å². The summed E-state index contributed by atoms with van der Waals surface area (Å²) in [6.45, 7) is 13.0. The molecule has 0 spiro atoms. The second kappa shape index (κ2) is 18.3. The van der Waals surface area contributed by atoms with Gasteiger partial charge in [0, 0.05) is 65.1 Å². The maximum Gasteiger partial charge on any atom is 0.261 e. The van der Waals surface area contributed by atoms with Crippen molar-refractivity contribution in [3.05, 3.63) is 70.2 Å². The van der Waals surface area contributed by atoms with E-state index in [0.717, 1.165) is 103 Å². The predicted octanol–water partition coefficient (Wildman–Crippen LogP) is 9.60. The number of aryl methyl sites for hydroxylation is 2. The van der Waals surface area contributed by atoms with Gasteiger partial charge in [0.25, 0.3) is 11.8 Å². The first-order chi connectivity index (χ1) is 28.1. The van der Waals surface area contributed by atoms with Gasteiger partial charge < -0.3 is 29.5 Å². The van der Waals surface area contributed by atoms with Crippen LogP contribution in [0.15, 0.2) is 57.6 Å². The third kappa shape index (κ3) is 9.73. The molecule has 12 nitrogen and oxygen atoms in total. The van der Waals surface area contributed by atoms with E-state index < -0.39 is 0 Å². The average Bonchev–Trinajstić information content (AvgIpc) is 3.88. The molecule has 0 radical (unpaired) electrons. The van der Waals surface area contributed by atoms with E-state index in [4.69, 9.17) is 42.2 Å². The van der Waals surface area contributed by atoms with Crippen LogP contribution in [-0.2, 0) is 0 Å². The molecule has 58 heavy (non-hydrogen) atoms. The lowest BCUT2D eigenvalue weighted by atomic mass is 9.93. The maximum atomic E-state index is 6.23. The topological polar surface area (TPSA) is 134 Å². The van der Waals surface area contributed by atoms with Crippen molar-refractivity contribution in [3.8, 4) is 22.9 Å². The van der Waals surface area contributed by atoms with Crippen molar-refractivity contribution in [2.24, 2.45) is 5.92 Å². The van der Waals surface area contributed by atoms with Gasteiger partial charge in [-0.15, -0.1) is 0 Å². The van der Waals surface area contributed by atoms with Gasteiger partial charge in [0.2, 0.25) is 0 Å². The first kappa shape index (κ1) is 40.4. The number of nitrogens with zero attached hydrogens (tertiary/aromatic N) is 8. The number of hydrogen-bond donors (Lipinski definition) is 2. The summed E-state index contributed by atoms with van der Waals surface area (Å²) < 4.78 is 11.0. The zero-order chi connectivity index (χ0) is 40.2. The lowest BCUT2D eigenvalue weighted by molar-refractivity contribution is 0.307. The van der Waals surface area contributed by atoms with Crippen LogP contribution in [0.25, 0.3) is 44.7 Å². The van der Waals surface area contributed by atoms with Crippen molar-refractivity contribution in [3.63, 3.8) is 0 Å². The second-order valence-corrected chi connectivity index (χ2v) is 17.4. The minimum Gasteiger partial charge on any atom is -0.356 e. The number of pyridine rings is 2. The zero-order valence-corrected chi connectivity index (χ0v) is 35.5. The summed E-state index contributed by atoms with van der Waals surface area (Å²) >= 11 is 12.4. The second-order valence-electron chi connectivity index (χ2n) is 16.5. The standard InChI is InChI=1S/C23H28ClN5O.C21H26ClN5O/c1-15-25-23(30-28-15)20-13-16-7-8-17(24)14-21(16)27-22(20)29-11-9-19(10-12-29)26-18-5-3-2-4-6-18;1-13(2)12-23-17-6-8-27(9-7-17)20-18(21-24-14(3)26-28-21)10-15-4-5-16(22)11-19(15)25-20/h7-8,13-14,18-19,26H,2-6,9-12H2,1H3;4-5,10-11,13,17,23H,6-9,12H2,1-3H3. The molecule has 306 valence electrons. The Morgan fingerprint density at radius 2 is 1.09 bits per heavy atom. The van der Waals surface area contributed by atoms with E-state index in [0.29, 0.717) is 57.5 Å². The van der Waals surface area contributed by atoms with Crippen molar-refractivity contribution in [1.29, 1.82) is 0 Å². The molecule has 0 amide bonds. The van der Waals surface area contributed by atoms with Crippen LogP contribution < -0.4 is 20.4 Å². The fourth-order valence-corrected chi connectivity index (χ4v) is 8.76. The Morgan fingerprint density at radius 1 is 0.621 bits per heavy atom. The molecule has 3 aliphatic rings. The van der Waals surface area contributed by atoms with Crippen LogP contribution in [0.2, 0.25) is 10.0 Å². The van der Waals surface area contributed by atoms with E-state index in [1.165, 1.54) is 32.1 Å². The number of fused-ring (bicyclic) bond motifs is 2. The first-order valence-electron chi connectivity index (χ1n) is 21.0. The van der Waals surface area contributed by atoms with Crippen LogP contribution in [0.3, 0.4) is 0 Å². The predicted molar refractivity (Wildman–Crippen MR) is 233 cm³/mol. The Balaban J connectivity index is 0.000000162. The third-order valence-corrected chi connectivity index (χ3v) is 12.0. The molecule has 6 aromatic rings. The molecular weight excluding hydrogens is 771 g/mol. The summed E-state index contributed by atoms with van der Waals surface area (Å²) in [7, 11) is 0. The Bertz CT molecular complexity index is 2310. The summed E-state index contributed by atoms with van der Waals surface area (Å²) in [4.78, 5) is 23.5. The van der Waals surface area contributed by atoms with Crippen LogP contribution in [0.5, 0.6) is 0 Å². The number of rotatable bonds is 9. The van der Waals surface area contributed by atoms with Crippen molar-refractivity contribution >= 4 is 56.6 Å². The number of benzene rings is 2. The molecule has 9 rings (SSSR count). The van der Waals surface area contributed by atoms with Gasteiger partial charge in [-0.2, -0.15) is 9.97 Å². The number of hydrogen-bond acceptors (Lipinski definition) is 12. The van der Waals surface area contributed by atoms with Gasteiger partial charge in [0.15, 0.2) is 11.6 Å². The summed E-state index contributed by atoms with van der Waals surface area (Å²) in [5.74, 6) is 4.74. The highest BCUT2D eigenvalue weighted by atomic mass is 35.5. The molecule has 6 heterocycles. The molecule has 3 fully saturated rings. The van der Waals surface area contributed by atoms with Crippen molar-refractivity contribution in [1.82, 2.24) is 40.9 Å². The highest BCUT2D eigenvalue weighted by molar-refractivity contribution is 6.31. The maximum absolute atomic E-state index is 6.23. The molecule has 2 saturated heterocycles. The van der Waals surface area contributed by atoms with E-state index in [9.17, 15) is 0 Å². The number of aromatic nitrogens is 6. The Hall–Kier alpha value is -4.36. The molecule has 14 heteroatoms. The van der Waals surface area contributed by atoms with Crippen LogP contribution >= 0.6 is 23.2 Å². The molecule has 2 N–H and O–H groups in total. The van der Waals surface area contributed by atoms with Crippen LogP contribution in [0.4, 0.5) is 11.6 Å². The van der Waals surface area contributed by atoms with E-state index in [1.54, 1.807) is 0 Å². The first-order valence-corrected chi connectivity index (χ1v) is 21.7. The molecule has 0 atom stereocenters. The zero-order valence-electron chi connectivity index (χ0n) is 34.0. The van der Waals surface area contributed by atoms with Gasteiger partial charge in [-0.25, -0.2) is 9.97 Å². The average molecular weight is 826 g/mol. The normalized spacial score (nSPS) is 17.4.